The average Bonchev–Trinajstić information content (AvgIpc) is 2.34. The van der Waals surface area contributed by atoms with Crippen molar-refractivity contribution in [3.63, 3.8) is 0 Å². The minimum Gasteiger partial charge on any atom is -0.476 e. The van der Waals surface area contributed by atoms with E-state index in [1.165, 1.54) is 24.3 Å². The van der Waals surface area contributed by atoms with E-state index in [2.05, 4.69) is 5.10 Å². The minimum absolute atomic E-state index is 0.0975. The van der Waals surface area contributed by atoms with Gasteiger partial charge in [0, 0.05) is 6.07 Å². The smallest absolute Gasteiger partial charge is 0.356 e. The highest BCUT2D eigenvalue weighted by Gasteiger charge is 2.07. The van der Waals surface area contributed by atoms with Crippen LogP contribution in [0.3, 0.4) is 0 Å². The van der Waals surface area contributed by atoms with Crippen LogP contribution in [0.1, 0.15) is 16.1 Å². The average molecular weight is 248 g/mol. The van der Waals surface area contributed by atoms with Gasteiger partial charge in [-0.05, 0) is 23.8 Å². The Hall–Kier alpha value is -2.50. The van der Waals surface area contributed by atoms with Gasteiger partial charge in [0.25, 0.3) is 5.56 Å². The molecule has 0 fully saturated rings. The molecule has 0 aliphatic rings. The maximum atomic E-state index is 12.7. The Morgan fingerprint density at radius 2 is 1.89 bits per heavy atom. The highest BCUT2D eigenvalue weighted by molar-refractivity contribution is 5.84. The standard InChI is InChI=1S/C12H9FN2O3/c13-9-3-1-8(2-4-9)7-15-11(16)6-5-10(14-15)12(17)18/h1-6H,7H2,(H,17,18). The molecular weight excluding hydrogens is 239 g/mol. The SMILES string of the molecule is O=C(O)c1ccc(=O)n(Cc2ccc(F)cc2)n1. The maximum Gasteiger partial charge on any atom is 0.356 e. The molecule has 1 N–H and O–H groups in total. The first-order valence-corrected chi connectivity index (χ1v) is 5.12. The maximum absolute atomic E-state index is 12.7. The van der Waals surface area contributed by atoms with Crippen molar-refractivity contribution in [3.8, 4) is 0 Å². The molecule has 0 spiro atoms. The lowest BCUT2D eigenvalue weighted by Crippen LogP contribution is -2.24. The lowest BCUT2D eigenvalue weighted by atomic mass is 10.2. The summed E-state index contributed by atoms with van der Waals surface area (Å²) in [6.07, 6.45) is 0. The van der Waals surface area contributed by atoms with Crippen LogP contribution in [0, 0.1) is 5.82 Å². The molecule has 2 rings (SSSR count). The second kappa shape index (κ2) is 4.79. The van der Waals surface area contributed by atoms with Gasteiger partial charge in [0.15, 0.2) is 5.69 Å². The van der Waals surface area contributed by atoms with Gasteiger partial charge < -0.3 is 5.11 Å². The fourth-order valence-electron chi connectivity index (χ4n) is 1.44. The van der Waals surface area contributed by atoms with Crippen molar-refractivity contribution in [2.45, 2.75) is 6.54 Å². The Balaban J connectivity index is 2.33. The molecule has 1 heterocycles. The Morgan fingerprint density at radius 1 is 1.22 bits per heavy atom. The summed E-state index contributed by atoms with van der Waals surface area (Å²) < 4.78 is 13.7. The van der Waals surface area contributed by atoms with E-state index in [0.717, 1.165) is 16.8 Å². The third-order valence-corrected chi connectivity index (χ3v) is 2.33. The first-order chi connectivity index (χ1) is 8.56. The molecule has 0 bridgehead atoms. The quantitative estimate of drug-likeness (QED) is 0.883. The van der Waals surface area contributed by atoms with E-state index in [4.69, 9.17) is 5.11 Å². The van der Waals surface area contributed by atoms with Gasteiger partial charge >= 0.3 is 5.97 Å². The van der Waals surface area contributed by atoms with Gasteiger partial charge in [0.2, 0.25) is 0 Å². The predicted molar refractivity (Wildman–Crippen MR) is 61.0 cm³/mol. The Morgan fingerprint density at radius 3 is 2.50 bits per heavy atom. The third kappa shape index (κ3) is 2.60. The summed E-state index contributed by atoms with van der Waals surface area (Å²) in [4.78, 5) is 22.2. The molecule has 0 amide bonds. The van der Waals surface area contributed by atoms with Crippen LogP contribution in [0.5, 0.6) is 0 Å². The summed E-state index contributed by atoms with van der Waals surface area (Å²) in [7, 11) is 0. The van der Waals surface area contributed by atoms with E-state index in [9.17, 15) is 14.0 Å². The van der Waals surface area contributed by atoms with Crippen molar-refractivity contribution in [2.24, 2.45) is 0 Å². The lowest BCUT2D eigenvalue weighted by molar-refractivity contribution is 0.0687. The number of aromatic carboxylic acids is 1. The van der Waals surface area contributed by atoms with E-state index in [-0.39, 0.29) is 18.1 Å². The van der Waals surface area contributed by atoms with Crippen LogP contribution in [0.25, 0.3) is 0 Å². The summed E-state index contributed by atoms with van der Waals surface area (Å²) in [6, 6.07) is 7.84. The van der Waals surface area contributed by atoms with E-state index in [1.807, 2.05) is 0 Å². The molecule has 2 aromatic rings. The number of aromatic nitrogens is 2. The van der Waals surface area contributed by atoms with Crippen molar-refractivity contribution in [1.82, 2.24) is 9.78 Å². The van der Waals surface area contributed by atoms with Crippen molar-refractivity contribution in [2.75, 3.05) is 0 Å². The molecule has 92 valence electrons. The molecule has 18 heavy (non-hydrogen) atoms. The molecule has 1 aromatic heterocycles. The molecule has 5 nitrogen and oxygen atoms in total. The number of hydrogen-bond donors (Lipinski definition) is 1. The van der Waals surface area contributed by atoms with Gasteiger partial charge in [0.1, 0.15) is 5.82 Å². The van der Waals surface area contributed by atoms with Gasteiger partial charge in [-0.3, -0.25) is 4.79 Å². The zero-order chi connectivity index (χ0) is 13.1. The first-order valence-electron chi connectivity index (χ1n) is 5.12. The molecule has 0 saturated carbocycles. The summed E-state index contributed by atoms with van der Waals surface area (Å²) in [5.74, 6) is -1.58. The number of carbonyl (C=O) groups is 1. The zero-order valence-electron chi connectivity index (χ0n) is 9.21. The van der Waals surface area contributed by atoms with Gasteiger partial charge in [-0.15, -0.1) is 0 Å². The molecule has 0 aliphatic heterocycles. The first kappa shape index (κ1) is 12.0. The van der Waals surface area contributed by atoms with E-state index in [0.29, 0.717) is 5.56 Å². The summed E-state index contributed by atoms with van der Waals surface area (Å²) in [6.45, 7) is 0.0975. The summed E-state index contributed by atoms with van der Waals surface area (Å²) in [5.41, 5.74) is 0.0366. The molecule has 0 aliphatic carbocycles. The number of benzene rings is 1. The van der Waals surface area contributed by atoms with Crippen LogP contribution in [0.4, 0.5) is 4.39 Å². The van der Waals surface area contributed by atoms with Gasteiger partial charge in [-0.1, -0.05) is 12.1 Å². The largest absolute Gasteiger partial charge is 0.476 e. The molecule has 1 aromatic carbocycles. The molecule has 0 saturated heterocycles. The van der Waals surface area contributed by atoms with Crippen molar-refractivity contribution in [3.05, 3.63) is 63.8 Å². The van der Waals surface area contributed by atoms with Crippen molar-refractivity contribution < 1.29 is 14.3 Å². The van der Waals surface area contributed by atoms with Crippen LogP contribution in [0.2, 0.25) is 0 Å². The number of rotatable bonds is 3. The van der Waals surface area contributed by atoms with Crippen LogP contribution in [-0.4, -0.2) is 20.9 Å². The van der Waals surface area contributed by atoms with Crippen LogP contribution >= 0.6 is 0 Å². The van der Waals surface area contributed by atoms with Crippen molar-refractivity contribution >= 4 is 5.97 Å². The molecule has 6 heteroatoms. The molecule has 0 unspecified atom stereocenters. The Bertz CT molecular complexity index is 635. The highest BCUT2D eigenvalue weighted by Crippen LogP contribution is 2.03. The zero-order valence-corrected chi connectivity index (χ0v) is 9.21. The number of nitrogens with zero attached hydrogens (tertiary/aromatic N) is 2. The predicted octanol–water partition coefficient (Wildman–Crippen LogP) is 1.13. The monoisotopic (exact) mass is 248 g/mol. The molecule has 0 atom stereocenters. The number of carboxylic acids is 1. The molecule has 0 radical (unpaired) electrons. The second-order valence-corrected chi connectivity index (χ2v) is 3.65. The summed E-state index contributed by atoms with van der Waals surface area (Å²) in [5, 5.41) is 12.5. The lowest BCUT2D eigenvalue weighted by Gasteiger charge is -2.05. The van der Waals surface area contributed by atoms with E-state index >= 15 is 0 Å². The normalized spacial score (nSPS) is 10.3. The Kier molecular flexibility index (Phi) is 3.18. The second-order valence-electron chi connectivity index (χ2n) is 3.65. The fourth-order valence-corrected chi connectivity index (χ4v) is 1.44. The number of hydrogen-bond acceptors (Lipinski definition) is 3. The van der Waals surface area contributed by atoms with Crippen LogP contribution in [0.15, 0.2) is 41.2 Å². The van der Waals surface area contributed by atoms with Crippen LogP contribution < -0.4 is 5.56 Å². The topological polar surface area (TPSA) is 72.2 Å². The van der Waals surface area contributed by atoms with Crippen molar-refractivity contribution in [1.29, 1.82) is 0 Å². The Labute approximate surface area is 101 Å². The fraction of sp³-hybridized carbons (Fsp3) is 0.0833. The van der Waals surface area contributed by atoms with Gasteiger partial charge in [0.05, 0.1) is 6.54 Å². The summed E-state index contributed by atoms with van der Waals surface area (Å²) >= 11 is 0. The van der Waals surface area contributed by atoms with E-state index in [1.54, 1.807) is 0 Å². The number of carboxylic acid groups (broad SMARTS) is 1. The molecular formula is C12H9FN2O3. The number of halogens is 1. The van der Waals surface area contributed by atoms with Crippen LogP contribution in [-0.2, 0) is 6.54 Å². The van der Waals surface area contributed by atoms with E-state index < -0.39 is 11.5 Å². The highest BCUT2D eigenvalue weighted by atomic mass is 19.1. The van der Waals surface area contributed by atoms with Gasteiger partial charge in [-0.25, -0.2) is 13.9 Å². The minimum atomic E-state index is -1.21. The third-order valence-electron chi connectivity index (χ3n) is 2.33. The van der Waals surface area contributed by atoms with Gasteiger partial charge in [-0.2, -0.15) is 5.10 Å².